The van der Waals surface area contributed by atoms with E-state index < -0.39 is 5.97 Å². The third-order valence-electron chi connectivity index (χ3n) is 3.36. The van der Waals surface area contributed by atoms with Crippen LogP contribution in [0.15, 0.2) is 22.7 Å². The Labute approximate surface area is 110 Å². The molecule has 1 N–H and O–H groups in total. The topological polar surface area (TPSA) is 40.5 Å². The van der Waals surface area contributed by atoms with Gasteiger partial charge in [0.1, 0.15) is 0 Å². The van der Waals surface area contributed by atoms with Crippen molar-refractivity contribution in [1.82, 2.24) is 0 Å². The Hall–Kier alpha value is -1.03. The summed E-state index contributed by atoms with van der Waals surface area (Å²) in [5.41, 5.74) is 1.44. The SMILES string of the molecule is CCC1CCCN1c1ccc(C(=O)O)c(Br)c1. The maximum absolute atomic E-state index is 10.9. The quantitative estimate of drug-likeness (QED) is 0.928. The van der Waals surface area contributed by atoms with Crippen molar-refractivity contribution in [3.63, 3.8) is 0 Å². The summed E-state index contributed by atoms with van der Waals surface area (Å²) < 4.78 is 0.657. The first kappa shape index (κ1) is 12.4. The Morgan fingerprint density at radius 3 is 2.94 bits per heavy atom. The number of carboxylic acid groups (broad SMARTS) is 1. The summed E-state index contributed by atoms with van der Waals surface area (Å²) in [7, 11) is 0. The minimum Gasteiger partial charge on any atom is -0.478 e. The summed E-state index contributed by atoms with van der Waals surface area (Å²) in [5, 5.41) is 8.98. The van der Waals surface area contributed by atoms with Crippen LogP contribution in [0.1, 0.15) is 36.5 Å². The smallest absolute Gasteiger partial charge is 0.336 e. The molecule has 17 heavy (non-hydrogen) atoms. The van der Waals surface area contributed by atoms with Crippen LogP contribution in [-0.4, -0.2) is 23.7 Å². The number of benzene rings is 1. The van der Waals surface area contributed by atoms with E-state index >= 15 is 0 Å². The highest BCUT2D eigenvalue weighted by Gasteiger charge is 2.23. The van der Waals surface area contributed by atoms with Crippen LogP contribution in [0.4, 0.5) is 5.69 Å². The van der Waals surface area contributed by atoms with Crippen LogP contribution >= 0.6 is 15.9 Å². The number of hydrogen-bond donors (Lipinski definition) is 1. The third-order valence-corrected chi connectivity index (χ3v) is 4.02. The Balaban J connectivity index is 2.28. The van der Waals surface area contributed by atoms with E-state index in [0.29, 0.717) is 16.1 Å². The van der Waals surface area contributed by atoms with E-state index in [2.05, 4.69) is 27.8 Å². The molecule has 4 heteroatoms. The minimum absolute atomic E-state index is 0.320. The van der Waals surface area contributed by atoms with Crippen molar-refractivity contribution < 1.29 is 9.90 Å². The second-order valence-electron chi connectivity index (χ2n) is 4.37. The second kappa shape index (κ2) is 5.08. The van der Waals surface area contributed by atoms with Crippen LogP contribution < -0.4 is 4.90 Å². The summed E-state index contributed by atoms with van der Waals surface area (Å²) in [6, 6.07) is 6.09. The number of rotatable bonds is 3. The van der Waals surface area contributed by atoms with E-state index in [-0.39, 0.29) is 0 Å². The molecule has 1 saturated heterocycles. The molecule has 3 nitrogen and oxygen atoms in total. The lowest BCUT2D eigenvalue weighted by molar-refractivity contribution is 0.0696. The fraction of sp³-hybridized carbons (Fsp3) is 0.462. The molecule has 1 aliphatic rings. The number of aromatic carboxylic acids is 1. The van der Waals surface area contributed by atoms with Gasteiger partial charge in [-0.3, -0.25) is 0 Å². The van der Waals surface area contributed by atoms with Crippen molar-refractivity contribution in [2.45, 2.75) is 32.2 Å². The zero-order chi connectivity index (χ0) is 12.4. The average molecular weight is 298 g/mol. The first-order chi connectivity index (χ1) is 8.13. The number of halogens is 1. The van der Waals surface area contributed by atoms with E-state index in [1.165, 1.54) is 12.8 Å². The highest BCUT2D eigenvalue weighted by Crippen LogP contribution is 2.30. The first-order valence-electron chi connectivity index (χ1n) is 5.93. The second-order valence-corrected chi connectivity index (χ2v) is 5.22. The lowest BCUT2D eigenvalue weighted by atomic mass is 10.1. The zero-order valence-corrected chi connectivity index (χ0v) is 11.4. The van der Waals surface area contributed by atoms with Crippen LogP contribution in [0.2, 0.25) is 0 Å². The highest BCUT2D eigenvalue weighted by molar-refractivity contribution is 9.10. The first-order valence-corrected chi connectivity index (χ1v) is 6.72. The lowest BCUT2D eigenvalue weighted by Crippen LogP contribution is -2.28. The molecular formula is C13H16BrNO2. The molecule has 1 atom stereocenters. The molecule has 1 fully saturated rings. The molecular weight excluding hydrogens is 282 g/mol. The summed E-state index contributed by atoms with van der Waals surface area (Å²) in [6.07, 6.45) is 3.59. The maximum Gasteiger partial charge on any atom is 0.336 e. The summed E-state index contributed by atoms with van der Waals surface area (Å²) in [6.45, 7) is 3.26. The molecule has 0 radical (unpaired) electrons. The van der Waals surface area contributed by atoms with Crippen LogP contribution in [-0.2, 0) is 0 Å². The molecule has 0 spiro atoms. The number of carbonyl (C=O) groups is 1. The van der Waals surface area contributed by atoms with Crippen LogP contribution in [0.3, 0.4) is 0 Å². The van der Waals surface area contributed by atoms with E-state index in [1.54, 1.807) is 6.07 Å². The average Bonchev–Trinajstić information content (AvgIpc) is 2.76. The molecule has 0 amide bonds. The summed E-state index contributed by atoms with van der Waals surface area (Å²) in [4.78, 5) is 13.3. The van der Waals surface area contributed by atoms with Gasteiger partial charge in [-0.15, -0.1) is 0 Å². The minimum atomic E-state index is -0.892. The Bertz CT molecular complexity index is 433. The standard InChI is InChI=1S/C13H16BrNO2/c1-2-9-4-3-7-15(9)10-5-6-11(13(16)17)12(14)8-10/h5-6,8-9H,2-4,7H2,1H3,(H,16,17). The zero-order valence-electron chi connectivity index (χ0n) is 9.82. The van der Waals surface area contributed by atoms with Crippen molar-refractivity contribution >= 4 is 27.6 Å². The van der Waals surface area contributed by atoms with Gasteiger partial charge in [0.15, 0.2) is 0 Å². The molecule has 0 aromatic heterocycles. The molecule has 0 saturated carbocycles. The Morgan fingerprint density at radius 1 is 1.59 bits per heavy atom. The van der Waals surface area contributed by atoms with Gasteiger partial charge in [0.2, 0.25) is 0 Å². The monoisotopic (exact) mass is 297 g/mol. The molecule has 0 bridgehead atoms. The number of hydrogen-bond acceptors (Lipinski definition) is 2. The fourth-order valence-corrected chi connectivity index (χ4v) is 2.99. The van der Waals surface area contributed by atoms with Crippen LogP contribution in [0.25, 0.3) is 0 Å². The Kier molecular flexibility index (Phi) is 3.72. The van der Waals surface area contributed by atoms with E-state index in [4.69, 9.17) is 5.11 Å². The molecule has 2 rings (SSSR count). The van der Waals surface area contributed by atoms with Crippen molar-refractivity contribution in [2.24, 2.45) is 0 Å². The van der Waals surface area contributed by atoms with E-state index in [9.17, 15) is 4.79 Å². The lowest BCUT2D eigenvalue weighted by Gasteiger charge is -2.26. The van der Waals surface area contributed by atoms with Gasteiger partial charge in [-0.05, 0) is 53.4 Å². The fourth-order valence-electron chi connectivity index (χ4n) is 2.46. The maximum atomic E-state index is 10.9. The molecule has 0 aliphatic carbocycles. The molecule has 1 aliphatic heterocycles. The molecule has 1 aromatic carbocycles. The van der Waals surface area contributed by atoms with Gasteiger partial charge in [0.25, 0.3) is 0 Å². The van der Waals surface area contributed by atoms with E-state index in [0.717, 1.165) is 18.7 Å². The van der Waals surface area contributed by atoms with E-state index in [1.807, 2.05) is 12.1 Å². The summed E-state index contributed by atoms with van der Waals surface area (Å²) in [5.74, 6) is -0.892. The molecule has 92 valence electrons. The number of nitrogens with zero attached hydrogens (tertiary/aromatic N) is 1. The van der Waals surface area contributed by atoms with Crippen molar-refractivity contribution in [2.75, 3.05) is 11.4 Å². The molecule has 1 unspecified atom stereocenters. The van der Waals surface area contributed by atoms with Gasteiger partial charge in [0.05, 0.1) is 5.56 Å². The molecule has 1 heterocycles. The van der Waals surface area contributed by atoms with Crippen molar-refractivity contribution in [1.29, 1.82) is 0 Å². The van der Waals surface area contributed by atoms with Crippen molar-refractivity contribution in [3.05, 3.63) is 28.2 Å². The number of anilines is 1. The van der Waals surface area contributed by atoms with Crippen LogP contribution in [0.5, 0.6) is 0 Å². The Morgan fingerprint density at radius 2 is 2.35 bits per heavy atom. The largest absolute Gasteiger partial charge is 0.478 e. The molecule has 1 aromatic rings. The van der Waals surface area contributed by atoms with Gasteiger partial charge in [-0.1, -0.05) is 6.92 Å². The van der Waals surface area contributed by atoms with Crippen molar-refractivity contribution in [3.8, 4) is 0 Å². The highest BCUT2D eigenvalue weighted by atomic mass is 79.9. The predicted molar refractivity (Wildman–Crippen MR) is 71.8 cm³/mol. The van der Waals surface area contributed by atoms with Gasteiger partial charge in [-0.2, -0.15) is 0 Å². The number of carboxylic acids is 1. The van der Waals surface area contributed by atoms with Gasteiger partial charge in [0, 0.05) is 22.7 Å². The van der Waals surface area contributed by atoms with Gasteiger partial charge >= 0.3 is 5.97 Å². The third kappa shape index (κ3) is 2.46. The van der Waals surface area contributed by atoms with Crippen LogP contribution in [0, 0.1) is 0 Å². The summed E-state index contributed by atoms with van der Waals surface area (Å²) >= 11 is 3.33. The van der Waals surface area contributed by atoms with Gasteiger partial charge in [-0.25, -0.2) is 4.79 Å². The predicted octanol–water partition coefficient (Wildman–Crippen LogP) is 3.53. The normalized spacial score (nSPS) is 19.6. The van der Waals surface area contributed by atoms with Gasteiger partial charge < -0.3 is 10.0 Å².